The van der Waals surface area contributed by atoms with Crippen molar-refractivity contribution in [2.75, 3.05) is 0 Å². The number of nitrogens with zero attached hydrogens (tertiary/aromatic N) is 3. The van der Waals surface area contributed by atoms with Gasteiger partial charge in [-0.3, -0.25) is 0 Å². The van der Waals surface area contributed by atoms with Crippen molar-refractivity contribution in [1.82, 2.24) is 15.0 Å². The number of aromatic nitrogens is 3. The fourth-order valence-electron chi connectivity index (χ4n) is 6.32. The molecular formula is C39H23N3S. The predicted octanol–water partition coefficient (Wildman–Crippen LogP) is 10.7. The molecule has 200 valence electrons. The minimum absolute atomic E-state index is 0.688. The van der Waals surface area contributed by atoms with Crippen molar-refractivity contribution >= 4 is 64.0 Å². The summed E-state index contributed by atoms with van der Waals surface area (Å²) in [5, 5.41) is 8.39. The van der Waals surface area contributed by atoms with Gasteiger partial charge in [0.2, 0.25) is 0 Å². The highest BCUT2D eigenvalue weighted by atomic mass is 32.1. The molecule has 43 heavy (non-hydrogen) atoms. The zero-order valence-corrected chi connectivity index (χ0v) is 23.8. The smallest absolute Gasteiger partial charge is 0.160 e. The molecule has 0 amide bonds. The van der Waals surface area contributed by atoms with Gasteiger partial charge in [0.25, 0.3) is 0 Å². The number of benzene rings is 6. The molecule has 3 nitrogen and oxygen atoms in total. The predicted molar refractivity (Wildman–Crippen MR) is 182 cm³/mol. The van der Waals surface area contributed by atoms with Gasteiger partial charge in [-0.05, 0) is 22.9 Å². The first kappa shape index (κ1) is 24.2. The van der Waals surface area contributed by atoms with Gasteiger partial charge in [0.05, 0.1) is 22.6 Å². The first-order chi connectivity index (χ1) is 21.3. The third-order valence-electron chi connectivity index (χ3n) is 8.26. The lowest BCUT2D eigenvalue weighted by molar-refractivity contribution is 1.17. The van der Waals surface area contributed by atoms with E-state index in [1.54, 1.807) is 0 Å². The highest BCUT2D eigenvalue weighted by Crippen LogP contribution is 2.46. The van der Waals surface area contributed by atoms with Crippen molar-refractivity contribution in [3.8, 4) is 34.0 Å². The van der Waals surface area contributed by atoms with E-state index in [1.807, 2.05) is 47.7 Å². The molecule has 0 saturated carbocycles. The number of fused-ring (bicyclic) bond motifs is 10. The van der Waals surface area contributed by atoms with Gasteiger partial charge in [0, 0.05) is 47.5 Å². The largest absolute Gasteiger partial charge is 0.245 e. The SMILES string of the molecule is c1ccc(-c2cc(-c3nc4c(c5ccccc35)c3ccccc3c3sc5ccccc5c43)nc(-c3ccccc3)n2)cc1. The highest BCUT2D eigenvalue weighted by Gasteiger charge is 2.21. The molecule has 0 fully saturated rings. The molecular weight excluding hydrogens is 543 g/mol. The summed E-state index contributed by atoms with van der Waals surface area (Å²) >= 11 is 1.85. The maximum atomic E-state index is 5.56. The van der Waals surface area contributed by atoms with Crippen LogP contribution in [0.25, 0.3) is 86.7 Å². The van der Waals surface area contributed by atoms with Crippen LogP contribution >= 0.6 is 11.3 Å². The van der Waals surface area contributed by atoms with Crippen LogP contribution in [-0.4, -0.2) is 15.0 Å². The fraction of sp³-hybridized carbons (Fsp3) is 0. The summed E-state index contributed by atoms with van der Waals surface area (Å²) in [6.45, 7) is 0. The molecule has 0 bridgehead atoms. The molecule has 9 rings (SSSR count). The van der Waals surface area contributed by atoms with Gasteiger partial charge in [-0.25, -0.2) is 15.0 Å². The zero-order chi connectivity index (χ0) is 28.3. The van der Waals surface area contributed by atoms with E-state index < -0.39 is 0 Å². The molecule has 3 aromatic heterocycles. The van der Waals surface area contributed by atoms with Gasteiger partial charge in [-0.1, -0.05) is 127 Å². The van der Waals surface area contributed by atoms with Crippen LogP contribution in [0.1, 0.15) is 0 Å². The number of hydrogen-bond acceptors (Lipinski definition) is 4. The molecule has 6 aromatic carbocycles. The molecule has 0 spiro atoms. The van der Waals surface area contributed by atoms with E-state index >= 15 is 0 Å². The molecule has 3 heterocycles. The van der Waals surface area contributed by atoms with E-state index in [-0.39, 0.29) is 0 Å². The van der Waals surface area contributed by atoms with E-state index in [0.29, 0.717) is 5.82 Å². The Labute approximate surface area is 251 Å². The summed E-state index contributed by atoms with van der Waals surface area (Å²) in [5.74, 6) is 0.688. The Hall–Kier alpha value is -5.45. The van der Waals surface area contributed by atoms with Crippen LogP contribution in [0.15, 0.2) is 140 Å². The van der Waals surface area contributed by atoms with Crippen LogP contribution in [0.2, 0.25) is 0 Å². The monoisotopic (exact) mass is 565 g/mol. The van der Waals surface area contributed by atoms with Gasteiger partial charge in [0.1, 0.15) is 0 Å². The second kappa shape index (κ2) is 9.55. The minimum Gasteiger partial charge on any atom is -0.245 e. The van der Waals surface area contributed by atoms with Crippen molar-refractivity contribution in [3.63, 3.8) is 0 Å². The van der Waals surface area contributed by atoms with Crippen LogP contribution in [0.5, 0.6) is 0 Å². The third-order valence-corrected chi connectivity index (χ3v) is 9.46. The summed E-state index contributed by atoms with van der Waals surface area (Å²) < 4.78 is 2.54. The number of hydrogen-bond donors (Lipinski definition) is 0. The minimum atomic E-state index is 0.688. The van der Waals surface area contributed by atoms with E-state index in [2.05, 4.69) is 103 Å². The molecule has 0 aliphatic heterocycles. The van der Waals surface area contributed by atoms with Gasteiger partial charge in [-0.2, -0.15) is 0 Å². The van der Waals surface area contributed by atoms with Crippen LogP contribution in [-0.2, 0) is 0 Å². The van der Waals surface area contributed by atoms with Crippen LogP contribution < -0.4 is 0 Å². The normalized spacial score (nSPS) is 11.7. The lowest BCUT2D eigenvalue weighted by Gasteiger charge is -2.15. The zero-order valence-electron chi connectivity index (χ0n) is 23.0. The Morgan fingerprint density at radius 3 is 1.72 bits per heavy atom. The number of pyridine rings is 1. The molecule has 0 aliphatic rings. The van der Waals surface area contributed by atoms with Gasteiger partial charge in [0.15, 0.2) is 5.82 Å². The Kier molecular flexibility index (Phi) is 5.37. The van der Waals surface area contributed by atoms with Crippen molar-refractivity contribution in [3.05, 3.63) is 140 Å². The lowest BCUT2D eigenvalue weighted by Crippen LogP contribution is -1.98. The summed E-state index contributed by atoms with van der Waals surface area (Å²) in [6, 6.07) is 48.7. The van der Waals surface area contributed by atoms with Gasteiger partial charge >= 0.3 is 0 Å². The number of rotatable bonds is 3. The topological polar surface area (TPSA) is 38.7 Å². The Bertz CT molecular complexity index is 2440. The van der Waals surface area contributed by atoms with Crippen molar-refractivity contribution in [1.29, 1.82) is 0 Å². The summed E-state index contributed by atoms with van der Waals surface area (Å²) in [5.41, 5.74) is 5.59. The molecule has 0 aliphatic carbocycles. The van der Waals surface area contributed by atoms with Crippen molar-refractivity contribution in [2.45, 2.75) is 0 Å². The Morgan fingerprint density at radius 1 is 0.419 bits per heavy atom. The first-order valence-electron chi connectivity index (χ1n) is 14.4. The molecule has 0 N–H and O–H groups in total. The quantitative estimate of drug-likeness (QED) is 0.200. The van der Waals surface area contributed by atoms with E-state index in [9.17, 15) is 0 Å². The third kappa shape index (κ3) is 3.77. The maximum absolute atomic E-state index is 5.56. The average Bonchev–Trinajstić information content (AvgIpc) is 3.49. The molecule has 4 heteroatoms. The van der Waals surface area contributed by atoms with E-state index in [1.165, 1.54) is 41.7 Å². The second-order valence-electron chi connectivity index (χ2n) is 10.8. The summed E-state index contributed by atoms with van der Waals surface area (Å²) in [6.07, 6.45) is 0. The summed E-state index contributed by atoms with van der Waals surface area (Å²) in [7, 11) is 0. The Morgan fingerprint density at radius 2 is 0.977 bits per heavy atom. The average molecular weight is 566 g/mol. The van der Waals surface area contributed by atoms with Crippen LogP contribution in [0, 0.1) is 0 Å². The fourth-order valence-corrected chi connectivity index (χ4v) is 7.57. The molecule has 0 radical (unpaired) electrons. The summed E-state index contributed by atoms with van der Waals surface area (Å²) in [4.78, 5) is 15.8. The van der Waals surface area contributed by atoms with Gasteiger partial charge < -0.3 is 0 Å². The van der Waals surface area contributed by atoms with E-state index in [4.69, 9.17) is 15.0 Å². The van der Waals surface area contributed by atoms with Crippen molar-refractivity contribution in [2.24, 2.45) is 0 Å². The molecule has 0 unspecified atom stereocenters. The standard InChI is InChI=1S/C39H23N3S/c1-3-13-24(14-4-1)31-23-32(41-39(40-31)25-15-5-2-6-16-25)36-28-19-9-7-17-26(28)34-27-18-8-10-20-29(27)38-35(37(34)42-36)30-21-11-12-22-33(30)43-38/h1-23H. The van der Waals surface area contributed by atoms with Crippen LogP contribution in [0.4, 0.5) is 0 Å². The van der Waals surface area contributed by atoms with Crippen LogP contribution in [0.3, 0.4) is 0 Å². The maximum Gasteiger partial charge on any atom is 0.160 e. The first-order valence-corrected chi connectivity index (χ1v) is 15.2. The van der Waals surface area contributed by atoms with E-state index in [0.717, 1.165) is 39.1 Å². The molecule has 9 aromatic rings. The lowest BCUT2D eigenvalue weighted by atomic mass is 9.94. The molecule has 0 saturated heterocycles. The second-order valence-corrected chi connectivity index (χ2v) is 11.8. The van der Waals surface area contributed by atoms with Gasteiger partial charge in [-0.15, -0.1) is 11.3 Å². The van der Waals surface area contributed by atoms with Crippen molar-refractivity contribution < 1.29 is 0 Å². The molecule has 0 atom stereocenters. The number of thiophene rings is 1. The Balaban J connectivity index is 1.46. The highest BCUT2D eigenvalue weighted by molar-refractivity contribution is 7.27.